The Bertz CT molecular complexity index is 1270. The molecule has 6 heteroatoms. The second-order valence-corrected chi connectivity index (χ2v) is 7.58. The molecule has 2 aromatic heterocycles. The smallest absolute Gasteiger partial charge is 0.287 e. The highest BCUT2D eigenvalue weighted by molar-refractivity contribution is 5.93. The van der Waals surface area contributed by atoms with Crippen molar-refractivity contribution in [1.29, 1.82) is 0 Å². The number of aromatic nitrogens is 2. The molecule has 1 N–H and O–H groups in total. The van der Waals surface area contributed by atoms with Gasteiger partial charge < -0.3 is 9.73 Å². The summed E-state index contributed by atoms with van der Waals surface area (Å²) in [6.45, 7) is 0.705. The Hall–Kier alpha value is -3.67. The van der Waals surface area contributed by atoms with Crippen molar-refractivity contribution in [3.63, 3.8) is 0 Å². The van der Waals surface area contributed by atoms with Crippen LogP contribution in [0.3, 0.4) is 0 Å². The number of fused-ring (bicyclic) bond motifs is 2. The van der Waals surface area contributed by atoms with Gasteiger partial charge in [-0.15, -0.1) is 0 Å². The van der Waals surface area contributed by atoms with Gasteiger partial charge in [-0.3, -0.25) is 14.3 Å². The van der Waals surface area contributed by atoms with Crippen molar-refractivity contribution in [2.45, 2.75) is 31.8 Å². The number of rotatable bonds is 4. The number of hydrogen-bond donors (Lipinski definition) is 1. The summed E-state index contributed by atoms with van der Waals surface area (Å²) >= 11 is 0. The largest absolute Gasteiger partial charge is 0.451 e. The van der Waals surface area contributed by atoms with E-state index < -0.39 is 0 Å². The molecule has 0 saturated heterocycles. The number of carbonyl (C=O) groups excluding carboxylic acids is 1. The summed E-state index contributed by atoms with van der Waals surface area (Å²) in [5.41, 5.74) is 3.56. The second-order valence-electron chi connectivity index (χ2n) is 7.58. The van der Waals surface area contributed by atoms with Crippen molar-refractivity contribution in [2.75, 3.05) is 0 Å². The van der Waals surface area contributed by atoms with Gasteiger partial charge in [0.25, 0.3) is 5.91 Å². The summed E-state index contributed by atoms with van der Waals surface area (Å²) in [5.74, 6) is -0.353. The Kier molecular flexibility index (Phi) is 4.67. The first-order chi connectivity index (χ1) is 14.7. The molecule has 1 aliphatic rings. The molecule has 150 valence electrons. The second kappa shape index (κ2) is 7.63. The Morgan fingerprint density at radius 2 is 1.93 bits per heavy atom. The average Bonchev–Trinajstić information content (AvgIpc) is 3.18. The van der Waals surface area contributed by atoms with Gasteiger partial charge in [0.1, 0.15) is 5.58 Å². The minimum atomic E-state index is -0.383. The molecule has 1 atom stereocenters. The predicted molar refractivity (Wildman–Crippen MR) is 113 cm³/mol. The fourth-order valence-corrected chi connectivity index (χ4v) is 4.11. The maximum absolute atomic E-state index is 12.8. The molecule has 1 aliphatic carbocycles. The first-order valence-corrected chi connectivity index (χ1v) is 10.1. The SMILES string of the molecule is O=C(N[C@H]1CCCc2c1cnn2Cc1ccccc1)c1cc(=O)c2ccccc2o1. The maximum Gasteiger partial charge on any atom is 0.287 e. The van der Waals surface area contributed by atoms with Crippen LogP contribution in [0.4, 0.5) is 0 Å². The Balaban J connectivity index is 1.39. The fourth-order valence-electron chi connectivity index (χ4n) is 4.11. The monoisotopic (exact) mass is 399 g/mol. The molecular weight excluding hydrogens is 378 g/mol. The average molecular weight is 399 g/mol. The number of nitrogens with one attached hydrogen (secondary N) is 1. The molecule has 30 heavy (non-hydrogen) atoms. The van der Waals surface area contributed by atoms with Crippen LogP contribution >= 0.6 is 0 Å². The van der Waals surface area contributed by atoms with E-state index in [-0.39, 0.29) is 23.1 Å². The quantitative estimate of drug-likeness (QED) is 0.566. The Morgan fingerprint density at radius 3 is 2.80 bits per heavy atom. The van der Waals surface area contributed by atoms with E-state index in [2.05, 4.69) is 22.5 Å². The Labute approximate surface area is 173 Å². The lowest BCUT2D eigenvalue weighted by molar-refractivity contribution is 0.0905. The zero-order chi connectivity index (χ0) is 20.5. The number of nitrogens with zero attached hydrogens (tertiary/aromatic N) is 2. The van der Waals surface area contributed by atoms with Gasteiger partial charge in [0.2, 0.25) is 0 Å². The summed E-state index contributed by atoms with van der Waals surface area (Å²) in [4.78, 5) is 25.2. The van der Waals surface area contributed by atoms with E-state index in [0.717, 1.165) is 30.5 Å². The van der Waals surface area contributed by atoms with Gasteiger partial charge in [-0.1, -0.05) is 42.5 Å². The van der Waals surface area contributed by atoms with Crippen molar-refractivity contribution in [1.82, 2.24) is 15.1 Å². The fraction of sp³-hybridized carbons (Fsp3) is 0.208. The molecular formula is C24H21N3O3. The molecule has 5 rings (SSSR count). The predicted octanol–water partition coefficient (Wildman–Crippen LogP) is 3.85. The minimum absolute atomic E-state index is 0.0301. The zero-order valence-electron chi connectivity index (χ0n) is 16.4. The van der Waals surface area contributed by atoms with Gasteiger partial charge in [0, 0.05) is 17.3 Å². The van der Waals surface area contributed by atoms with Crippen LogP contribution in [-0.4, -0.2) is 15.7 Å². The number of para-hydroxylation sites is 1. The van der Waals surface area contributed by atoms with Gasteiger partial charge in [0.05, 0.1) is 24.2 Å². The molecule has 0 bridgehead atoms. The van der Waals surface area contributed by atoms with Crippen LogP contribution in [0.1, 0.15) is 46.3 Å². The van der Waals surface area contributed by atoms with Crippen LogP contribution in [0.2, 0.25) is 0 Å². The molecule has 0 aliphatic heterocycles. The summed E-state index contributed by atoms with van der Waals surface area (Å²) in [5, 5.41) is 8.07. The van der Waals surface area contributed by atoms with Crippen molar-refractivity contribution in [2.24, 2.45) is 0 Å². The van der Waals surface area contributed by atoms with E-state index in [9.17, 15) is 9.59 Å². The molecule has 1 amide bonds. The molecule has 0 radical (unpaired) electrons. The number of carbonyl (C=O) groups is 1. The molecule has 4 aromatic rings. The first kappa shape index (κ1) is 18.4. The molecule has 0 saturated carbocycles. The maximum atomic E-state index is 12.8. The molecule has 2 heterocycles. The lowest BCUT2D eigenvalue weighted by atomic mass is 9.92. The van der Waals surface area contributed by atoms with E-state index >= 15 is 0 Å². The third kappa shape index (κ3) is 3.41. The van der Waals surface area contributed by atoms with E-state index in [4.69, 9.17) is 4.42 Å². The lowest BCUT2D eigenvalue weighted by Crippen LogP contribution is -2.31. The van der Waals surface area contributed by atoms with Crippen LogP contribution in [0.5, 0.6) is 0 Å². The van der Waals surface area contributed by atoms with Crippen LogP contribution in [0, 0.1) is 0 Å². The highest BCUT2D eigenvalue weighted by atomic mass is 16.3. The van der Waals surface area contributed by atoms with E-state index in [1.54, 1.807) is 24.3 Å². The molecule has 6 nitrogen and oxygen atoms in total. The normalized spacial score (nSPS) is 15.7. The van der Waals surface area contributed by atoms with Gasteiger partial charge in [-0.05, 0) is 37.0 Å². The zero-order valence-corrected chi connectivity index (χ0v) is 16.4. The minimum Gasteiger partial charge on any atom is -0.451 e. The Morgan fingerprint density at radius 1 is 1.13 bits per heavy atom. The van der Waals surface area contributed by atoms with Crippen LogP contribution in [-0.2, 0) is 13.0 Å². The highest BCUT2D eigenvalue weighted by Crippen LogP contribution is 2.30. The van der Waals surface area contributed by atoms with Gasteiger partial charge in [-0.25, -0.2) is 0 Å². The van der Waals surface area contributed by atoms with Crippen LogP contribution < -0.4 is 10.7 Å². The van der Waals surface area contributed by atoms with Crippen LogP contribution in [0.25, 0.3) is 11.0 Å². The molecule has 2 aromatic carbocycles. The summed E-state index contributed by atoms with van der Waals surface area (Å²) in [6.07, 6.45) is 4.56. The summed E-state index contributed by atoms with van der Waals surface area (Å²) < 4.78 is 7.70. The standard InChI is InChI=1S/C24H21N3O3/c28-21-13-23(30-22-12-5-4-9-17(21)22)24(29)26-19-10-6-11-20-18(19)14-25-27(20)15-16-7-2-1-3-8-16/h1-5,7-9,12-14,19H,6,10-11,15H2,(H,26,29)/t19-/m0/s1. The van der Waals surface area contributed by atoms with Crippen molar-refractivity contribution in [3.8, 4) is 0 Å². The topological polar surface area (TPSA) is 77.1 Å². The van der Waals surface area contributed by atoms with Crippen molar-refractivity contribution in [3.05, 3.63) is 99.7 Å². The van der Waals surface area contributed by atoms with Gasteiger partial charge >= 0.3 is 0 Å². The van der Waals surface area contributed by atoms with Crippen molar-refractivity contribution < 1.29 is 9.21 Å². The first-order valence-electron chi connectivity index (χ1n) is 10.1. The third-order valence-electron chi connectivity index (χ3n) is 5.60. The molecule has 0 fully saturated rings. The highest BCUT2D eigenvalue weighted by Gasteiger charge is 2.26. The lowest BCUT2D eigenvalue weighted by Gasteiger charge is -2.24. The van der Waals surface area contributed by atoms with Gasteiger partial charge in [0.15, 0.2) is 11.2 Å². The van der Waals surface area contributed by atoms with E-state index in [1.165, 1.54) is 11.6 Å². The molecule has 0 unspecified atom stereocenters. The number of benzene rings is 2. The van der Waals surface area contributed by atoms with E-state index in [0.29, 0.717) is 17.5 Å². The van der Waals surface area contributed by atoms with Gasteiger partial charge in [-0.2, -0.15) is 5.10 Å². The van der Waals surface area contributed by atoms with Crippen LogP contribution in [0.15, 0.2) is 76.1 Å². The molecule has 0 spiro atoms. The number of hydrogen-bond acceptors (Lipinski definition) is 4. The van der Waals surface area contributed by atoms with E-state index in [1.807, 2.05) is 29.1 Å². The summed E-state index contributed by atoms with van der Waals surface area (Å²) in [7, 11) is 0. The summed E-state index contributed by atoms with van der Waals surface area (Å²) in [6, 6.07) is 18.3. The number of amides is 1. The van der Waals surface area contributed by atoms with Crippen molar-refractivity contribution >= 4 is 16.9 Å². The third-order valence-corrected chi connectivity index (χ3v) is 5.60.